The first kappa shape index (κ1) is 18.1. The Balaban J connectivity index is 1.57. The van der Waals surface area contributed by atoms with Gasteiger partial charge in [0.2, 0.25) is 5.91 Å². The average Bonchev–Trinajstić information content (AvgIpc) is 3.27. The van der Waals surface area contributed by atoms with Gasteiger partial charge in [0, 0.05) is 45.5 Å². The topological polar surface area (TPSA) is 56.8 Å². The Labute approximate surface area is 163 Å². The fraction of sp³-hybridized carbons (Fsp3) is 0.450. The maximum atomic E-state index is 13.3. The van der Waals surface area contributed by atoms with Crippen LogP contribution in [0.1, 0.15) is 33.8 Å². The normalized spacial score (nSPS) is 20.4. The molecular weight excluding hydrogens is 360 g/mol. The largest absolute Gasteiger partial charge is 0.339 e. The molecule has 27 heavy (non-hydrogen) atoms. The molecule has 0 spiro atoms. The summed E-state index contributed by atoms with van der Waals surface area (Å²) < 4.78 is 0. The van der Waals surface area contributed by atoms with E-state index in [2.05, 4.69) is 16.8 Å². The summed E-state index contributed by atoms with van der Waals surface area (Å²) in [5.74, 6) is -0.297. The predicted molar refractivity (Wildman–Crippen MR) is 105 cm³/mol. The van der Waals surface area contributed by atoms with Gasteiger partial charge >= 0.3 is 0 Å². The van der Waals surface area contributed by atoms with Gasteiger partial charge in [0.15, 0.2) is 0 Å². The summed E-state index contributed by atoms with van der Waals surface area (Å²) in [7, 11) is 0. The zero-order valence-corrected chi connectivity index (χ0v) is 16.3. The van der Waals surface area contributed by atoms with E-state index in [1.165, 1.54) is 11.3 Å². The first-order valence-corrected chi connectivity index (χ1v) is 10.3. The van der Waals surface area contributed by atoms with E-state index >= 15 is 0 Å². The van der Waals surface area contributed by atoms with Crippen LogP contribution >= 0.6 is 11.3 Å². The second-order valence-electron chi connectivity index (χ2n) is 7.02. The first-order chi connectivity index (χ1) is 13.2. The van der Waals surface area contributed by atoms with Crippen molar-refractivity contribution in [3.63, 3.8) is 0 Å². The van der Waals surface area contributed by atoms with E-state index in [0.29, 0.717) is 18.0 Å². The second kappa shape index (κ2) is 7.78. The van der Waals surface area contributed by atoms with Crippen molar-refractivity contribution in [2.24, 2.45) is 0 Å². The summed E-state index contributed by atoms with van der Waals surface area (Å²) in [6.45, 7) is 7.35. The molecule has 0 N–H and O–H groups in total. The minimum absolute atomic E-state index is 0.00638. The summed E-state index contributed by atoms with van der Waals surface area (Å²) in [5, 5.41) is 1.91. The minimum atomic E-state index is -0.382. The number of aromatic nitrogens is 1. The van der Waals surface area contributed by atoms with E-state index in [1.807, 2.05) is 34.5 Å². The van der Waals surface area contributed by atoms with Crippen LogP contribution in [0.4, 0.5) is 0 Å². The highest BCUT2D eigenvalue weighted by Crippen LogP contribution is 2.30. The van der Waals surface area contributed by atoms with Gasteiger partial charge in [-0.2, -0.15) is 0 Å². The number of pyridine rings is 1. The van der Waals surface area contributed by atoms with Gasteiger partial charge in [0.05, 0.1) is 16.5 Å². The van der Waals surface area contributed by atoms with Gasteiger partial charge < -0.3 is 14.7 Å². The Morgan fingerprint density at radius 1 is 1.15 bits per heavy atom. The van der Waals surface area contributed by atoms with Crippen molar-refractivity contribution in [1.29, 1.82) is 0 Å². The number of nitrogens with zero attached hydrogens (tertiary/aromatic N) is 4. The lowest BCUT2D eigenvalue weighted by Gasteiger charge is -2.39. The van der Waals surface area contributed by atoms with E-state index < -0.39 is 0 Å². The molecule has 142 valence electrons. The molecular formula is C20H24N4O2S. The van der Waals surface area contributed by atoms with E-state index in [0.717, 1.165) is 44.0 Å². The molecule has 7 heteroatoms. The molecule has 6 nitrogen and oxygen atoms in total. The molecule has 1 unspecified atom stereocenters. The van der Waals surface area contributed by atoms with Gasteiger partial charge in [-0.25, -0.2) is 0 Å². The van der Waals surface area contributed by atoms with Crippen molar-refractivity contribution < 1.29 is 9.59 Å². The maximum Gasteiger partial charge on any atom is 0.264 e. The Hall–Kier alpha value is -2.25. The number of thiophene rings is 1. The fourth-order valence-corrected chi connectivity index (χ4v) is 4.58. The molecule has 1 fully saturated rings. The van der Waals surface area contributed by atoms with Gasteiger partial charge in [-0.15, -0.1) is 11.3 Å². The van der Waals surface area contributed by atoms with E-state index in [4.69, 9.17) is 0 Å². The number of piperazine rings is 1. The van der Waals surface area contributed by atoms with Gasteiger partial charge in [0.25, 0.3) is 5.91 Å². The Morgan fingerprint density at radius 3 is 2.67 bits per heavy atom. The van der Waals surface area contributed by atoms with Crippen molar-refractivity contribution >= 4 is 23.2 Å². The van der Waals surface area contributed by atoms with Crippen LogP contribution in [0.2, 0.25) is 0 Å². The summed E-state index contributed by atoms with van der Waals surface area (Å²) >= 11 is 1.44. The van der Waals surface area contributed by atoms with Gasteiger partial charge in [0.1, 0.15) is 0 Å². The van der Waals surface area contributed by atoms with Crippen LogP contribution in [0.5, 0.6) is 0 Å². The highest BCUT2D eigenvalue weighted by molar-refractivity contribution is 7.12. The van der Waals surface area contributed by atoms with Gasteiger partial charge in [-0.1, -0.05) is 19.1 Å². The second-order valence-corrected chi connectivity index (χ2v) is 7.97. The fourth-order valence-electron chi connectivity index (χ4n) is 3.89. The zero-order chi connectivity index (χ0) is 18.8. The Bertz CT molecular complexity index is 815. The number of carbonyl (C=O) groups is 2. The standard InChI is InChI=1S/C20H24N4O2S/c1-2-22-8-10-23(11-9-22)19(25)16-14-24(20(26)17-6-4-12-27-17)13-15-5-3-7-21-18(15)16/h3-7,12,16H,2,8-11,13-14H2,1H3. The van der Waals surface area contributed by atoms with Crippen molar-refractivity contribution in [3.05, 3.63) is 52.0 Å². The van der Waals surface area contributed by atoms with E-state index in [9.17, 15) is 9.59 Å². The molecule has 0 radical (unpaired) electrons. The van der Waals surface area contributed by atoms with Gasteiger partial charge in [-0.3, -0.25) is 14.6 Å². The van der Waals surface area contributed by atoms with Crippen LogP contribution in [0.25, 0.3) is 0 Å². The summed E-state index contributed by atoms with van der Waals surface area (Å²) in [4.78, 5) is 37.5. The third-order valence-corrected chi connectivity index (χ3v) is 6.33. The molecule has 0 bridgehead atoms. The molecule has 0 aromatic carbocycles. The van der Waals surface area contributed by atoms with E-state index in [-0.39, 0.29) is 17.7 Å². The molecule has 0 aliphatic carbocycles. The molecule has 2 amide bonds. The average molecular weight is 385 g/mol. The number of amides is 2. The molecule has 2 aliphatic heterocycles. The number of carbonyl (C=O) groups excluding carboxylic acids is 2. The first-order valence-electron chi connectivity index (χ1n) is 9.45. The van der Waals surface area contributed by atoms with Crippen molar-refractivity contribution in [1.82, 2.24) is 19.7 Å². The number of hydrogen-bond acceptors (Lipinski definition) is 5. The highest BCUT2D eigenvalue weighted by Gasteiger charge is 2.37. The number of likely N-dealkylation sites (N-methyl/N-ethyl adjacent to an activating group) is 1. The van der Waals surface area contributed by atoms with E-state index in [1.54, 1.807) is 11.1 Å². The van der Waals surface area contributed by atoms with Crippen LogP contribution in [0.15, 0.2) is 35.8 Å². The van der Waals surface area contributed by atoms with Crippen LogP contribution in [-0.4, -0.2) is 70.8 Å². The molecule has 4 rings (SSSR count). The van der Waals surface area contributed by atoms with Crippen LogP contribution in [0.3, 0.4) is 0 Å². The molecule has 2 aliphatic rings. The smallest absolute Gasteiger partial charge is 0.264 e. The Morgan fingerprint density at radius 2 is 1.96 bits per heavy atom. The summed E-state index contributed by atoms with van der Waals surface area (Å²) in [6, 6.07) is 7.57. The number of fused-ring (bicyclic) bond motifs is 1. The SMILES string of the molecule is CCN1CCN(C(=O)C2CN(C(=O)c3cccs3)Cc3cccnc32)CC1. The molecule has 2 aromatic heterocycles. The number of rotatable bonds is 3. The maximum absolute atomic E-state index is 13.3. The van der Waals surface area contributed by atoms with Crippen LogP contribution in [0, 0.1) is 0 Å². The predicted octanol–water partition coefficient (Wildman–Crippen LogP) is 2.05. The van der Waals surface area contributed by atoms with Crippen molar-refractivity contribution in [2.75, 3.05) is 39.3 Å². The Kier molecular flexibility index (Phi) is 5.22. The highest BCUT2D eigenvalue weighted by atomic mass is 32.1. The molecule has 1 saturated heterocycles. The van der Waals surface area contributed by atoms with Crippen LogP contribution < -0.4 is 0 Å². The summed E-state index contributed by atoms with van der Waals surface area (Å²) in [5.41, 5.74) is 1.80. The lowest BCUT2D eigenvalue weighted by atomic mass is 9.93. The minimum Gasteiger partial charge on any atom is -0.339 e. The molecule has 2 aromatic rings. The third-order valence-electron chi connectivity index (χ3n) is 5.47. The quantitative estimate of drug-likeness (QED) is 0.813. The third kappa shape index (κ3) is 3.61. The molecule has 1 atom stereocenters. The summed E-state index contributed by atoms with van der Waals surface area (Å²) in [6.07, 6.45) is 1.74. The molecule has 4 heterocycles. The molecule has 0 saturated carbocycles. The van der Waals surface area contributed by atoms with Gasteiger partial charge in [-0.05, 0) is 29.6 Å². The van der Waals surface area contributed by atoms with Crippen molar-refractivity contribution in [2.45, 2.75) is 19.4 Å². The lowest BCUT2D eigenvalue weighted by Crippen LogP contribution is -2.52. The monoisotopic (exact) mass is 384 g/mol. The number of hydrogen-bond donors (Lipinski definition) is 0. The van der Waals surface area contributed by atoms with Crippen LogP contribution in [-0.2, 0) is 11.3 Å². The lowest BCUT2D eigenvalue weighted by molar-refractivity contribution is -0.135. The van der Waals surface area contributed by atoms with Crippen molar-refractivity contribution in [3.8, 4) is 0 Å². The zero-order valence-electron chi connectivity index (χ0n) is 15.5.